The number of hydrogen-bond acceptors (Lipinski definition) is 4. The number of aryl methyl sites for hydroxylation is 1. The Morgan fingerprint density at radius 1 is 1.15 bits per heavy atom. The standard InChI is InChI=1S/C19H18ClN3O2S/c1-13-11-18(23(22-13)12-14-5-3-2-4-6-14)21-19(25)10-7-15(24)16-8-9-17(20)26-16/h2-6,8-9,11H,7,10,12H2,1H3,(H,21,25). The van der Waals surface area contributed by atoms with Crippen LogP contribution in [0.25, 0.3) is 0 Å². The smallest absolute Gasteiger partial charge is 0.225 e. The number of carbonyl (C=O) groups is 2. The third-order valence-corrected chi connectivity index (χ3v) is 5.04. The second-order valence-corrected chi connectivity index (χ2v) is 7.60. The number of ketones is 1. The number of carbonyl (C=O) groups excluding carboxylic acids is 2. The zero-order valence-corrected chi connectivity index (χ0v) is 15.8. The predicted molar refractivity (Wildman–Crippen MR) is 104 cm³/mol. The molecular formula is C19H18ClN3O2S. The number of thiophene rings is 1. The molecule has 0 radical (unpaired) electrons. The molecule has 0 saturated carbocycles. The molecule has 0 bridgehead atoms. The van der Waals surface area contributed by atoms with Gasteiger partial charge in [-0.15, -0.1) is 11.3 Å². The van der Waals surface area contributed by atoms with Crippen LogP contribution in [0, 0.1) is 6.92 Å². The molecule has 3 aromatic rings. The van der Waals surface area contributed by atoms with E-state index in [-0.39, 0.29) is 24.5 Å². The number of Topliss-reactive ketones (excluding diaryl/α,β-unsaturated/α-hetero) is 1. The van der Waals surface area contributed by atoms with E-state index in [1.807, 2.05) is 43.3 Å². The van der Waals surface area contributed by atoms with Gasteiger partial charge in [0.05, 0.1) is 21.5 Å². The summed E-state index contributed by atoms with van der Waals surface area (Å²) in [5.74, 6) is 0.337. The fourth-order valence-electron chi connectivity index (χ4n) is 2.54. The number of halogens is 1. The molecule has 0 saturated heterocycles. The first-order chi connectivity index (χ1) is 12.5. The Balaban J connectivity index is 1.60. The molecule has 3 rings (SSSR count). The molecule has 0 aliphatic rings. The van der Waals surface area contributed by atoms with Gasteiger partial charge in [-0.3, -0.25) is 9.59 Å². The molecule has 5 nitrogen and oxygen atoms in total. The van der Waals surface area contributed by atoms with E-state index in [2.05, 4.69) is 10.4 Å². The summed E-state index contributed by atoms with van der Waals surface area (Å²) >= 11 is 7.07. The maximum absolute atomic E-state index is 12.2. The highest BCUT2D eigenvalue weighted by Gasteiger charge is 2.14. The van der Waals surface area contributed by atoms with E-state index in [1.54, 1.807) is 16.8 Å². The van der Waals surface area contributed by atoms with Gasteiger partial charge < -0.3 is 5.32 Å². The summed E-state index contributed by atoms with van der Waals surface area (Å²) in [6.45, 7) is 2.44. The lowest BCUT2D eigenvalue weighted by Gasteiger charge is -2.09. The van der Waals surface area contributed by atoms with Crippen LogP contribution in [0.15, 0.2) is 48.5 Å². The third-order valence-electron chi connectivity index (χ3n) is 3.77. The minimum absolute atomic E-state index is 0.0778. The number of amides is 1. The third kappa shape index (κ3) is 4.80. The summed E-state index contributed by atoms with van der Waals surface area (Å²) in [6, 6.07) is 15.1. The Hall–Kier alpha value is -2.44. The van der Waals surface area contributed by atoms with Crippen molar-refractivity contribution in [3.8, 4) is 0 Å². The molecule has 1 amide bonds. The molecule has 0 spiro atoms. The van der Waals surface area contributed by atoms with Gasteiger partial charge in [0.15, 0.2) is 5.78 Å². The fraction of sp³-hybridized carbons (Fsp3) is 0.211. The van der Waals surface area contributed by atoms with E-state index in [4.69, 9.17) is 11.6 Å². The first-order valence-electron chi connectivity index (χ1n) is 8.18. The Morgan fingerprint density at radius 3 is 2.62 bits per heavy atom. The van der Waals surface area contributed by atoms with Crippen molar-refractivity contribution in [2.75, 3.05) is 5.32 Å². The van der Waals surface area contributed by atoms with Crippen molar-refractivity contribution in [2.24, 2.45) is 0 Å². The molecule has 26 heavy (non-hydrogen) atoms. The van der Waals surface area contributed by atoms with Crippen molar-refractivity contribution in [1.82, 2.24) is 9.78 Å². The maximum Gasteiger partial charge on any atom is 0.225 e. The number of nitrogens with zero attached hydrogens (tertiary/aromatic N) is 2. The van der Waals surface area contributed by atoms with Crippen LogP contribution in [0.4, 0.5) is 5.82 Å². The van der Waals surface area contributed by atoms with Crippen LogP contribution in [-0.4, -0.2) is 21.5 Å². The number of nitrogens with one attached hydrogen (secondary N) is 1. The summed E-state index contributed by atoms with van der Waals surface area (Å²) in [7, 11) is 0. The lowest BCUT2D eigenvalue weighted by molar-refractivity contribution is -0.116. The molecular weight excluding hydrogens is 370 g/mol. The van der Waals surface area contributed by atoms with Gasteiger partial charge in [0.25, 0.3) is 0 Å². The van der Waals surface area contributed by atoms with Gasteiger partial charge in [-0.2, -0.15) is 5.10 Å². The normalized spacial score (nSPS) is 10.7. The molecule has 0 unspecified atom stereocenters. The fourth-order valence-corrected chi connectivity index (χ4v) is 3.55. The summed E-state index contributed by atoms with van der Waals surface area (Å²) < 4.78 is 2.32. The van der Waals surface area contributed by atoms with Gasteiger partial charge in [0.1, 0.15) is 5.82 Å². The summed E-state index contributed by atoms with van der Waals surface area (Å²) in [5.41, 5.74) is 1.91. The van der Waals surface area contributed by atoms with Gasteiger partial charge in [0, 0.05) is 18.9 Å². The summed E-state index contributed by atoms with van der Waals surface area (Å²) in [4.78, 5) is 24.9. The van der Waals surface area contributed by atoms with Crippen LogP contribution in [-0.2, 0) is 11.3 Å². The number of rotatable bonds is 7. The average molecular weight is 388 g/mol. The lowest BCUT2D eigenvalue weighted by Crippen LogP contribution is -2.17. The molecule has 7 heteroatoms. The van der Waals surface area contributed by atoms with Crippen LogP contribution in [0.5, 0.6) is 0 Å². The first kappa shape index (κ1) is 18.4. The van der Waals surface area contributed by atoms with Crippen molar-refractivity contribution in [1.29, 1.82) is 0 Å². The second kappa shape index (κ2) is 8.29. The highest BCUT2D eigenvalue weighted by atomic mass is 35.5. The van der Waals surface area contributed by atoms with Crippen LogP contribution in [0.2, 0.25) is 4.34 Å². The monoisotopic (exact) mass is 387 g/mol. The zero-order chi connectivity index (χ0) is 18.5. The number of benzene rings is 1. The Kier molecular flexibility index (Phi) is 5.85. The average Bonchev–Trinajstić information content (AvgIpc) is 3.19. The molecule has 1 N–H and O–H groups in total. The van der Waals surface area contributed by atoms with E-state index in [9.17, 15) is 9.59 Å². The highest BCUT2D eigenvalue weighted by Crippen LogP contribution is 2.23. The van der Waals surface area contributed by atoms with Crippen LogP contribution in [0.3, 0.4) is 0 Å². The minimum Gasteiger partial charge on any atom is -0.311 e. The van der Waals surface area contributed by atoms with Crippen molar-refractivity contribution in [2.45, 2.75) is 26.3 Å². The highest BCUT2D eigenvalue weighted by molar-refractivity contribution is 7.18. The molecule has 1 aromatic carbocycles. The molecule has 2 aromatic heterocycles. The SMILES string of the molecule is Cc1cc(NC(=O)CCC(=O)c2ccc(Cl)s2)n(Cc2ccccc2)n1. The van der Waals surface area contributed by atoms with Crippen molar-refractivity contribution >= 4 is 40.4 Å². The maximum atomic E-state index is 12.2. The van der Waals surface area contributed by atoms with Gasteiger partial charge >= 0.3 is 0 Å². The van der Waals surface area contributed by atoms with Gasteiger partial charge in [-0.1, -0.05) is 41.9 Å². The number of anilines is 1. The van der Waals surface area contributed by atoms with Gasteiger partial charge in [-0.05, 0) is 24.6 Å². The summed E-state index contributed by atoms with van der Waals surface area (Å²) in [5, 5.41) is 7.28. The minimum atomic E-state index is -0.213. The second-order valence-electron chi connectivity index (χ2n) is 5.89. The Bertz CT molecular complexity index is 918. The molecule has 2 heterocycles. The largest absolute Gasteiger partial charge is 0.311 e. The van der Waals surface area contributed by atoms with E-state index >= 15 is 0 Å². The predicted octanol–water partition coefficient (Wildman–Crippen LogP) is 4.56. The van der Waals surface area contributed by atoms with E-state index in [0.717, 1.165) is 11.3 Å². The van der Waals surface area contributed by atoms with Crippen LogP contribution in [0.1, 0.15) is 33.8 Å². The van der Waals surface area contributed by atoms with E-state index in [0.29, 0.717) is 21.6 Å². The van der Waals surface area contributed by atoms with Gasteiger partial charge in [-0.25, -0.2) is 4.68 Å². The molecule has 0 atom stereocenters. The van der Waals surface area contributed by atoms with Crippen molar-refractivity contribution in [3.63, 3.8) is 0 Å². The summed E-state index contributed by atoms with van der Waals surface area (Å²) in [6.07, 6.45) is 0.262. The number of aromatic nitrogens is 2. The quantitative estimate of drug-likeness (QED) is 0.604. The molecule has 0 fully saturated rings. The zero-order valence-electron chi connectivity index (χ0n) is 14.2. The van der Waals surface area contributed by atoms with Crippen molar-refractivity contribution < 1.29 is 9.59 Å². The van der Waals surface area contributed by atoms with Crippen molar-refractivity contribution in [3.05, 3.63) is 69.0 Å². The molecule has 0 aliphatic carbocycles. The molecule has 134 valence electrons. The lowest BCUT2D eigenvalue weighted by atomic mass is 10.2. The Labute approximate surface area is 160 Å². The van der Waals surface area contributed by atoms with E-state index < -0.39 is 0 Å². The van der Waals surface area contributed by atoms with Crippen LogP contribution < -0.4 is 5.32 Å². The topological polar surface area (TPSA) is 64.0 Å². The first-order valence-corrected chi connectivity index (χ1v) is 9.37. The van der Waals surface area contributed by atoms with Crippen LogP contribution >= 0.6 is 22.9 Å². The van der Waals surface area contributed by atoms with E-state index in [1.165, 1.54) is 11.3 Å². The Morgan fingerprint density at radius 2 is 1.92 bits per heavy atom. The number of hydrogen-bond donors (Lipinski definition) is 1. The van der Waals surface area contributed by atoms with Gasteiger partial charge in [0.2, 0.25) is 5.91 Å². The molecule has 0 aliphatic heterocycles.